The number of benzene rings is 2. The predicted octanol–water partition coefficient (Wildman–Crippen LogP) is 3.94. The topological polar surface area (TPSA) is 57.7 Å². The zero-order chi connectivity index (χ0) is 21.0. The molecule has 3 aliphatic rings. The number of imide groups is 1. The summed E-state index contributed by atoms with van der Waals surface area (Å²) in [6, 6.07) is 13.5. The van der Waals surface area contributed by atoms with Gasteiger partial charge in [-0.25, -0.2) is 0 Å². The van der Waals surface area contributed by atoms with Gasteiger partial charge in [0.2, 0.25) is 11.8 Å². The SMILES string of the molecule is CCCN1C(=O)[C@@H]2[C@H](C1=O)[C@H]1c3ccccc3C=CN1[C@H]2C(=O)c1ccc(Cl)cc1. The normalized spacial score (nSPS) is 26.6. The summed E-state index contributed by atoms with van der Waals surface area (Å²) in [5, 5.41) is 0.543. The van der Waals surface area contributed by atoms with Gasteiger partial charge < -0.3 is 4.90 Å². The number of fused-ring (bicyclic) bond motifs is 5. The Morgan fingerprint density at radius 3 is 2.43 bits per heavy atom. The summed E-state index contributed by atoms with van der Waals surface area (Å²) in [5.41, 5.74) is 2.50. The van der Waals surface area contributed by atoms with E-state index in [9.17, 15) is 14.4 Å². The summed E-state index contributed by atoms with van der Waals surface area (Å²) in [6.07, 6.45) is 4.51. The third-order valence-electron chi connectivity index (χ3n) is 6.40. The predicted molar refractivity (Wildman–Crippen MR) is 114 cm³/mol. The van der Waals surface area contributed by atoms with Crippen LogP contribution in [-0.4, -0.2) is 40.0 Å². The molecule has 3 heterocycles. The molecule has 0 bridgehead atoms. The molecule has 3 aliphatic heterocycles. The maximum absolute atomic E-state index is 13.6. The van der Waals surface area contributed by atoms with Crippen molar-refractivity contribution >= 4 is 35.3 Å². The second-order valence-electron chi connectivity index (χ2n) is 8.03. The Kier molecular flexibility index (Phi) is 4.51. The molecule has 152 valence electrons. The second kappa shape index (κ2) is 7.10. The van der Waals surface area contributed by atoms with E-state index in [1.165, 1.54) is 4.90 Å². The van der Waals surface area contributed by atoms with E-state index in [2.05, 4.69) is 0 Å². The molecule has 2 amide bonds. The van der Waals surface area contributed by atoms with Crippen LogP contribution < -0.4 is 0 Å². The van der Waals surface area contributed by atoms with Gasteiger partial charge in [-0.1, -0.05) is 42.8 Å². The van der Waals surface area contributed by atoms with Crippen molar-refractivity contribution in [1.82, 2.24) is 9.80 Å². The van der Waals surface area contributed by atoms with Crippen molar-refractivity contribution in [3.63, 3.8) is 0 Å². The molecule has 5 nitrogen and oxygen atoms in total. The van der Waals surface area contributed by atoms with Crippen molar-refractivity contribution in [2.45, 2.75) is 25.4 Å². The molecule has 0 saturated carbocycles. The van der Waals surface area contributed by atoms with E-state index in [1.807, 2.05) is 48.4 Å². The molecule has 2 fully saturated rings. The molecule has 6 heteroatoms. The second-order valence-corrected chi connectivity index (χ2v) is 8.47. The summed E-state index contributed by atoms with van der Waals surface area (Å²) < 4.78 is 0. The first kappa shape index (κ1) is 19.1. The minimum absolute atomic E-state index is 0.160. The third kappa shape index (κ3) is 2.65. The smallest absolute Gasteiger partial charge is 0.235 e. The number of amides is 2. The maximum Gasteiger partial charge on any atom is 0.235 e. The van der Waals surface area contributed by atoms with Gasteiger partial charge in [-0.05, 0) is 47.9 Å². The lowest BCUT2D eigenvalue weighted by atomic mass is 9.83. The van der Waals surface area contributed by atoms with Gasteiger partial charge in [-0.2, -0.15) is 0 Å². The van der Waals surface area contributed by atoms with Gasteiger partial charge >= 0.3 is 0 Å². The van der Waals surface area contributed by atoms with Crippen LogP contribution in [0.4, 0.5) is 0 Å². The van der Waals surface area contributed by atoms with Crippen molar-refractivity contribution in [2.75, 3.05) is 6.54 Å². The van der Waals surface area contributed by atoms with Crippen LogP contribution in [0.3, 0.4) is 0 Å². The van der Waals surface area contributed by atoms with Crippen molar-refractivity contribution < 1.29 is 14.4 Å². The van der Waals surface area contributed by atoms with Gasteiger partial charge in [0.05, 0.1) is 17.9 Å². The summed E-state index contributed by atoms with van der Waals surface area (Å²) in [6.45, 7) is 2.33. The quantitative estimate of drug-likeness (QED) is 0.555. The fourth-order valence-corrected chi connectivity index (χ4v) is 5.27. The molecule has 0 aliphatic carbocycles. The maximum atomic E-state index is 13.6. The Hall–Kier alpha value is -2.92. The molecule has 0 N–H and O–H groups in total. The van der Waals surface area contributed by atoms with Gasteiger partial charge in [0, 0.05) is 23.3 Å². The van der Waals surface area contributed by atoms with E-state index < -0.39 is 17.9 Å². The number of ketones is 1. The highest BCUT2D eigenvalue weighted by atomic mass is 35.5. The monoisotopic (exact) mass is 420 g/mol. The van der Waals surface area contributed by atoms with Crippen LogP contribution in [-0.2, 0) is 9.59 Å². The zero-order valence-electron chi connectivity index (χ0n) is 16.5. The third-order valence-corrected chi connectivity index (χ3v) is 6.65. The van der Waals surface area contributed by atoms with Gasteiger partial charge in [0.15, 0.2) is 5.78 Å². The molecular formula is C24H21ClN2O3. The molecule has 0 unspecified atom stereocenters. The minimum Gasteiger partial charge on any atom is -0.358 e. The Morgan fingerprint density at radius 1 is 1.00 bits per heavy atom. The Balaban J connectivity index is 1.64. The molecule has 4 atom stereocenters. The van der Waals surface area contributed by atoms with Gasteiger partial charge in [-0.3, -0.25) is 19.3 Å². The fraction of sp³-hybridized carbons (Fsp3) is 0.292. The van der Waals surface area contributed by atoms with Gasteiger partial charge in [0.1, 0.15) is 6.04 Å². The van der Waals surface area contributed by atoms with Crippen molar-refractivity contribution in [2.24, 2.45) is 11.8 Å². The van der Waals surface area contributed by atoms with Crippen LogP contribution in [0.5, 0.6) is 0 Å². The first-order valence-corrected chi connectivity index (χ1v) is 10.6. The van der Waals surface area contributed by atoms with E-state index in [1.54, 1.807) is 24.3 Å². The number of hydrogen-bond acceptors (Lipinski definition) is 4. The van der Waals surface area contributed by atoms with E-state index in [0.29, 0.717) is 23.6 Å². The summed E-state index contributed by atoms with van der Waals surface area (Å²) in [7, 11) is 0. The number of carbonyl (C=O) groups excluding carboxylic acids is 3. The summed E-state index contributed by atoms with van der Waals surface area (Å²) in [4.78, 5) is 43.5. The van der Waals surface area contributed by atoms with Crippen molar-refractivity contribution in [1.29, 1.82) is 0 Å². The first-order valence-electron chi connectivity index (χ1n) is 10.2. The number of rotatable bonds is 4. The standard InChI is InChI=1S/C24H21ClN2O3/c1-2-12-27-23(29)18-19(24(27)30)21(22(28)15-7-9-16(25)10-8-15)26-13-11-14-5-3-4-6-17(14)20(18)26/h3-11,13,18-21H,2,12H2,1H3/t18-,19+,20+,21+/m0/s1. The molecule has 30 heavy (non-hydrogen) atoms. The fourth-order valence-electron chi connectivity index (χ4n) is 5.15. The number of Topliss-reactive ketones (excluding diaryl/α,β-unsaturated/α-hetero) is 1. The lowest BCUT2D eigenvalue weighted by molar-refractivity contribution is -0.141. The number of likely N-dealkylation sites (tertiary alicyclic amines) is 1. The molecule has 0 radical (unpaired) electrons. The lowest BCUT2D eigenvalue weighted by Crippen LogP contribution is -2.44. The highest BCUT2D eigenvalue weighted by molar-refractivity contribution is 6.30. The largest absolute Gasteiger partial charge is 0.358 e. The number of hydrogen-bond donors (Lipinski definition) is 0. The average Bonchev–Trinajstić information content (AvgIpc) is 3.22. The van der Waals surface area contributed by atoms with Crippen molar-refractivity contribution in [3.8, 4) is 0 Å². The highest BCUT2D eigenvalue weighted by Crippen LogP contribution is 2.53. The Bertz CT molecular complexity index is 1080. The van der Waals surface area contributed by atoms with Crippen LogP contribution in [0, 0.1) is 11.8 Å². The zero-order valence-corrected chi connectivity index (χ0v) is 17.3. The number of carbonyl (C=O) groups is 3. The average molecular weight is 421 g/mol. The minimum atomic E-state index is -0.718. The molecule has 0 spiro atoms. The Labute approximate surface area is 179 Å². The molecular weight excluding hydrogens is 400 g/mol. The molecule has 2 saturated heterocycles. The number of nitrogens with zero attached hydrogens (tertiary/aromatic N) is 2. The molecule has 2 aromatic carbocycles. The van der Waals surface area contributed by atoms with E-state index in [-0.39, 0.29) is 23.6 Å². The van der Waals surface area contributed by atoms with Crippen LogP contribution in [0.15, 0.2) is 54.7 Å². The van der Waals surface area contributed by atoms with Crippen LogP contribution >= 0.6 is 11.6 Å². The van der Waals surface area contributed by atoms with E-state index in [0.717, 1.165) is 11.1 Å². The first-order chi connectivity index (χ1) is 14.5. The van der Waals surface area contributed by atoms with Crippen molar-refractivity contribution in [3.05, 3.63) is 76.4 Å². The lowest BCUT2D eigenvalue weighted by Gasteiger charge is -2.35. The molecule has 5 rings (SSSR count). The summed E-state index contributed by atoms with van der Waals surface area (Å²) in [5.74, 6) is -1.81. The molecule has 0 aromatic heterocycles. The number of halogens is 1. The van der Waals surface area contributed by atoms with E-state index >= 15 is 0 Å². The highest BCUT2D eigenvalue weighted by Gasteiger charge is 2.64. The van der Waals surface area contributed by atoms with E-state index in [4.69, 9.17) is 11.6 Å². The van der Waals surface area contributed by atoms with Gasteiger partial charge in [-0.15, -0.1) is 0 Å². The Morgan fingerprint density at radius 2 is 1.70 bits per heavy atom. The van der Waals surface area contributed by atoms with Gasteiger partial charge in [0.25, 0.3) is 0 Å². The molecule has 2 aromatic rings. The van der Waals surface area contributed by atoms with Crippen LogP contribution in [0.2, 0.25) is 5.02 Å². The summed E-state index contributed by atoms with van der Waals surface area (Å²) >= 11 is 5.99. The van der Waals surface area contributed by atoms with Crippen LogP contribution in [0.1, 0.15) is 40.9 Å². The van der Waals surface area contributed by atoms with Crippen LogP contribution in [0.25, 0.3) is 6.08 Å².